The Bertz CT molecular complexity index is 550. The maximum atomic E-state index is 6.86. The van der Waals surface area contributed by atoms with Crippen molar-refractivity contribution in [2.75, 3.05) is 13.7 Å². The van der Waals surface area contributed by atoms with Crippen molar-refractivity contribution in [1.29, 1.82) is 0 Å². The highest BCUT2D eigenvalue weighted by Crippen LogP contribution is 2.46. The Kier molecular flexibility index (Phi) is 11.7. The van der Waals surface area contributed by atoms with Gasteiger partial charge in [-0.2, -0.15) is 0 Å². The second kappa shape index (κ2) is 13.2. The maximum absolute atomic E-state index is 6.86. The highest BCUT2D eigenvalue weighted by molar-refractivity contribution is 4.97. The number of rotatable bonds is 12. The predicted molar refractivity (Wildman–Crippen MR) is 137 cm³/mol. The maximum Gasteiger partial charge on any atom is 0.160 e. The highest BCUT2D eigenvalue weighted by atomic mass is 16.7. The molecule has 0 saturated carbocycles. The molecule has 0 N–H and O–H groups in total. The van der Waals surface area contributed by atoms with Gasteiger partial charge >= 0.3 is 0 Å². The van der Waals surface area contributed by atoms with E-state index in [4.69, 9.17) is 18.9 Å². The lowest BCUT2D eigenvalue weighted by Crippen LogP contribution is -2.57. The van der Waals surface area contributed by atoms with Crippen molar-refractivity contribution in [3.8, 4) is 0 Å². The quantitative estimate of drug-likeness (QED) is 0.297. The summed E-state index contributed by atoms with van der Waals surface area (Å²) in [6.07, 6.45) is 8.42. The molecule has 2 rings (SSSR count). The van der Waals surface area contributed by atoms with Gasteiger partial charge in [0.05, 0.1) is 30.5 Å². The van der Waals surface area contributed by atoms with Crippen molar-refractivity contribution in [2.24, 2.45) is 35.5 Å². The molecule has 0 bridgehead atoms. The Balaban J connectivity index is 2.20. The van der Waals surface area contributed by atoms with Crippen LogP contribution in [0.1, 0.15) is 107 Å². The molecule has 10 atom stereocenters. The van der Waals surface area contributed by atoms with Crippen molar-refractivity contribution >= 4 is 0 Å². The zero-order chi connectivity index (χ0) is 24.8. The highest BCUT2D eigenvalue weighted by Gasteiger charge is 2.49. The van der Waals surface area contributed by atoms with E-state index >= 15 is 0 Å². The zero-order valence-electron chi connectivity index (χ0n) is 23.6. The van der Waals surface area contributed by atoms with Gasteiger partial charge in [0.2, 0.25) is 0 Å². The van der Waals surface area contributed by atoms with Crippen molar-refractivity contribution in [3.63, 3.8) is 0 Å². The van der Waals surface area contributed by atoms with E-state index in [2.05, 4.69) is 62.3 Å². The van der Waals surface area contributed by atoms with Crippen LogP contribution in [-0.4, -0.2) is 43.9 Å². The van der Waals surface area contributed by atoms with E-state index in [1.807, 2.05) is 0 Å². The molecular weight excluding hydrogens is 412 g/mol. The summed E-state index contributed by atoms with van der Waals surface area (Å²) >= 11 is 0. The van der Waals surface area contributed by atoms with Gasteiger partial charge in [0, 0.05) is 13.0 Å². The van der Waals surface area contributed by atoms with Gasteiger partial charge in [0.1, 0.15) is 0 Å². The molecule has 2 aliphatic rings. The third-order valence-corrected chi connectivity index (χ3v) is 9.23. The zero-order valence-corrected chi connectivity index (χ0v) is 23.6. The van der Waals surface area contributed by atoms with Gasteiger partial charge in [-0.05, 0) is 56.3 Å². The molecule has 0 aromatic carbocycles. The van der Waals surface area contributed by atoms with Crippen LogP contribution in [0.15, 0.2) is 0 Å². The fraction of sp³-hybridized carbons (Fsp3) is 1.00. The van der Waals surface area contributed by atoms with Crippen LogP contribution in [0, 0.1) is 35.5 Å². The Labute approximate surface area is 205 Å². The first-order valence-electron chi connectivity index (χ1n) is 14.2. The van der Waals surface area contributed by atoms with Gasteiger partial charge in [0.15, 0.2) is 6.29 Å². The molecule has 4 heteroatoms. The molecule has 196 valence electrons. The fourth-order valence-electron chi connectivity index (χ4n) is 7.40. The molecule has 2 saturated heterocycles. The van der Waals surface area contributed by atoms with E-state index in [0.29, 0.717) is 48.2 Å². The Morgan fingerprint density at radius 3 is 1.76 bits per heavy atom. The largest absolute Gasteiger partial charge is 0.371 e. The summed E-state index contributed by atoms with van der Waals surface area (Å²) in [6.45, 7) is 21.3. The van der Waals surface area contributed by atoms with Crippen LogP contribution in [0.4, 0.5) is 0 Å². The van der Waals surface area contributed by atoms with E-state index in [9.17, 15) is 0 Å². The van der Waals surface area contributed by atoms with Crippen molar-refractivity contribution in [2.45, 2.75) is 137 Å². The first kappa shape index (κ1) is 29.1. The van der Waals surface area contributed by atoms with Crippen LogP contribution in [0.25, 0.3) is 0 Å². The summed E-state index contributed by atoms with van der Waals surface area (Å²) in [5.74, 6) is 3.41. The molecule has 2 fully saturated rings. The van der Waals surface area contributed by atoms with Crippen LogP contribution in [0.5, 0.6) is 0 Å². The Morgan fingerprint density at radius 1 is 0.697 bits per heavy atom. The van der Waals surface area contributed by atoms with Crippen molar-refractivity contribution < 1.29 is 18.9 Å². The predicted octanol–water partition coefficient (Wildman–Crippen LogP) is 7.49. The van der Waals surface area contributed by atoms with Gasteiger partial charge in [-0.15, -0.1) is 0 Å². The second-order valence-electron chi connectivity index (χ2n) is 11.3. The molecule has 0 aliphatic carbocycles. The summed E-state index contributed by atoms with van der Waals surface area (Å²) in [4.78, 5) is 0. The molecule has 33 heavy (non-hydrogen) atoms. The normalized spacial score (nSPS) is 40.2. The third-order valence-electron chi connectivity index (χ3n) is 9.23. The second-order valence-corrected chi connectivity index (χ2v) is 11.3. The molecule has 0 aromatic rings. The van der Waals surface area contributed by atoms with Crippen molar-refractivity contribution in [3.05, 3.63) is 0 Å². The molecule has 0 spiro atoms. The SMILES string of the molecule is CCCC1O[C@@H](C(C)(C)OCC2O[C@@H](OC)C(CC)C(CC)[C@H]2CC)C(CC)C(CC)[C@H]1C. The molecule has 2 aliphatic heterocycles. The number of hydrogen-bond acceptors (Lipinski definition) is 4. The first-order valence-corrected chi connectivity index (χ1v) is 14.2. The molecule has 6 unspecified atom stereocenters. The first-order chi connectivity index (χ1) is 15.7. The lowest BCUT2D eigenvalue weighted by Gasteiger charge is -2.52. The van der Waals surface area contributed by atoms with Crippen LogP contribution in [0.2, 0.25) is 0 Å². The van der Waals surface area contributed by atoms with Gasteiger partial charge in [-0.1, -0.05) is 80.6 Å². The summed E-state index contributed by atoms with van der Waals surface area (Å²) in [5.41, 5.74) is -0.353. The van der Waals surface area contributed by atoms with E-state index in [-0.39, 0.29) is 24.1 Å². The average Bonchev–Trinajstić information content (AvgIpc) is 2.82. The lowest BCUT2D eigenvalue weighted by atomic mass is 9.68. The van der Waals surface area contributed by atoms with E-state index in [1.165, 1.54) is 19.3 Å². The topological polar surface area (TPSA) is 36.9 Å². The van der Waals surface area contributed by atoms with E-state index in [1.54, 1.807) is 7.11 Å². The smallest absolute Gasteiger partial charge is 0.160 e. The molecule has 0 aromatic heterocycles. The van der Waals surface area contributed by atoms with Gasteiger partial charge in [-0.3, -0.25) is 0 Å². The summed E-state index contributed by atoms with van der Waals surface area (Å²) in [5, 5.41) is 0. The fourth-order valence-corrected chi connectivity index (χ4v) is 7.40. The minimum atomic E-state index is -0.353. The minimum Gasteiger partial charge on any atom is -0.371 e. The van der Waals surface area contributed by atoms with Crippen LogP contribution in [0.3, 0.4) is 0 Å². The Hall–Kier alpha value is -0.160. The molecular formula is C29H56O4. The minimum absolute atomic E-state index is 0.0722. The van der Waals surface area contributed by atoms with Crippen molar-refractivity contribution in [1.82, 2.24) is 0 Å². The number of ether oxygens (including phenoxy) is 4. The number of methoxy groups -OCH3 is 1. The molecule has 0 radical (unpaired) electrons. The number of hydrogen-bond donors (Lipinski definition) is 0. The third kappa shape index (κ3) is 6.35. The standard InChI is InChI=1S/C29H56O4/c1-11-17-25-19(7)20(12-2)23(15-5)27(32-25)29(8,9)31-18-26-22(14-4)21(13-3)24(16-6)28(30-10)33-26/h19-28H,11-18H2,1-10H3/t19-,20?,21?,22-,23?,24?,25?,26?,27-,28-/m1/s1. The van der Waals surface area contributed by atoms with Crippen LogP contribution < -0.4 is 0 Å². The summed E-state index contributed by atoms with van der Waals surface area (Å²) in [7, 11) is 1.79. The molecule has 4 nitrogen and oxygen atoms in total. The van der Waals surface area contributed by atoms with Gasteiger partial charge in [0.25, 0.3) is 0 Å². The van der Waals surface area contributed by atoms with E-state index in [0.717, 1.165) is 25.7 Å². The molecule has 0 amide bonds. The average molecular weight is 469 g/mol. The Morgan fingerprint density at radius 2 is 1.27 bits per heavy atom. The van der Waals surface area contributed by atoms with Gasteiger partial charge < -0.3 is 18.9 Å². The van der Waals surface area contributed by atoms with Crippen LogP contribution >= 0.6 is 0 Å². The van der Waals surface area contributed by atoms with Crippen LogP contribution in [-0.2, 0) is 18.9 Å². The lowest BCUT2D eigenvalue weighted by molar-refractivity contribution is -0.275. The summed E-state index contributed by atoms with van der Waals surface area (Å²) in [6, 6.07) is 0. The summed E-state index contributed by atoms with van der Waals surface area (Å²) < 4.78 is 26.0. The van der Waals surface area contributed by atoms with Gasteiger partial charge in [-0.25, -0.2) is 0 Å². The van der Waals surface area contributed by atoms with E-state index < -0.39 is 0 Å². The monoisotopic (exact) mass is 468 g/mol. The molecule has 2 heterocycles.